The molecular weight excluding hydrogens is 129 g/mol. The Bertz CT molecular complexity index is 226. The molecule has 0 spiro atoms. The van der Waals surface area contributed by atoms with E-state index in [0.717, 1.165) is 0 Å². The number of carbonyl (C=O) groups is 1. The van der Waals surface area contributed by atoms with E-state index in [-0.39, 0.29) is 5.69 Å². The molecule has 1 amide bonds. The van der Waals surface area contributed by atoms with Crippen molar-refractivity contribution in [3.8, 4) is 0 Å². The Kier molecular flexibility index (Phi) is 1.99. The Hall–Kier alpha value is -1.39. The first-order valence-corrected chi connectivity index (χ1v) is 2.61. The number of nitrogens with zero attached hydrogens (tertiary/aromatic N) is 2. The second-order valence-electron chi connectivity index (χ2n) is 1.57. The highest BCUT2D eigenvalue weighted by Crippen LogP contribution is 1.87. The van der Waals surface area contributed by atoms with Gasteiger partial charge in [-0.1, -0.05) is 0 Å². The minimum absolute atomic E-state index is 0.262. The third kappa shape index (κ3) is 1.31. The molecule has 0 saturated heterocycles. The van der Waals surface area contributed by atoms with Crippen molar-refractivity contribution < 1.29 is 4.79 Å². The molecule has 2 radical (unpaired) electrons. The Morgan fingerprint density at radius 3 is 3.00 bits per heavy atom. The van der Waals surface area contributed by atoms with Crippen LogP contribution in [0.4, 0.5) is 0 Å². The highest BCUT2D eigenvalue weighted by Gasteiger charge is 2.00. The first-order valence-electron chi connectivity index (χ1n) is 2.61. The van der Waals surface area contributed by atoms with Crippen molar-refractivity contribution in [2.75, 3.05) is 0 Å². The number of amides is 1. The lowest BCUT2D eigenvalue weighted by molar-refractivity contribution is 0.0976. The summed E-state index contributed by atoms with van der Waals surface area (Å²) in [5.41, 5.74) is 0.262. The molecule has 48 valence electrons. The van der Waals surface area contributed by atoms with Gasteiger partial charge in [0.05, 0.1) is 0 Å². The summed E-state index contributed by atoms with van der Waals surface area (Å²) in [5.74, 6) is -0.414. The van der Waals surface area contributed by atoms with E-state index in [1.165, 1.54) is 18.6 Å². The SMILES string of the molecule is [B]NC(=O)c1ccncn1. The van der Waals surface area contributed by atoms with Crippen LogP contribution in [0.25, 0.3) is 0 Å². The van der Waals surface area contributed by atoms with Crippen LogP contribution in [0.2, 0.25) is 0 Å². The van der Waals surface area contributed by atoms with Crippen LogP contribution < -0.4 is 5.23 Å². The highest BCUT2D eigenvalue weighted by atomic mass is 16.1. The summed E-state index contributed by atoms with van der Waals surface area (Å²) >= 11 is 0. The summed E-state index contributed by atoms with van der Waals surface area (Å²) in [6, 6.07) is 1.47. The van der Waals surface area contributed by atoms with Gasteiger partial charge in [0.15, 0.2) is 0 Å². The van der Waals surface area contributed by atoms with E-state index < -0.39 is 5.91 Å². The minimum atomic E-state index is -0.414. The zero-order valence-electron chi connectivity index (χ0n) is 5.11. The molecule has 5 heteroatoms. The van der Waals surface area contributed by atoms with Crippen LogP contribution in [0.15, 0.2) is 18.6 Å². The van der Waals surface area contributed by atoms with E-state index in [0.29, 0.717) is 0 Å². The van der Waals surface area contributed by atoms with E-state index >= 15 is 0 Å². The molecule has 0 aliphatic heterocycles. The average molecular weight is 133 g/mol. The molecule has 0 aliphatic rings. The molecule has 1 heterocycles. The van der Waals surface area contributed by atoms with Crippen molar-refractivity contribution >= 4 is 13.9 Å². The lowest BCUT2D eigenvalue weighted by atomic mass is 10.3. The first kappa shape index (κ1) is 6.73. The van der Waals surface area contributed by atoms with Crippen LogP contribution in [0, 0.1) is 0 Å². The summed E-state index contributed by atoms with van der Waals surface area (Å²) in [6.45, 7) is 0. The second kappa shape index (κ2) is 2.96. The van der Waals surface area contributed by atoms with Gasteiger partial charge >= 0.3 is 0 Å². The van der Waals surface area contributed by atoms with Crippen LogP contribution in [0.1, 0.15) is 10.5 Å². The first-order chi connectivity index (χ1) is 4.84. The Morgan fingerprint density at radius 2 is 2.50 bits per heavy atom. The molecule has 1 aromatic rings. The molecule has 0 bridgehead atoms. The molecule has 0 aromatic carbocycles. The van der Waals surface area contributed by atoms with Crippen molar-refractivity contribution in [2.45, 2.75) is 0 Å². The van der Waals surface area contributed by atoms with Crippen LogP contribution in [0.5, 0.6) is 0 Å². The molecule has 4 nitrogen and oxygen atoms in total. The summed E-state index contributed by atoms with van der Waals surface area (Å²) in [7, 11) is 4.84. The lowest BCUT2D eigenvalue weighted by Gasteiger charge is -1.94. The number of aromatic nitrogens is 2. The second-order valence-corrected chi connectivity index (χ2v) is 1.57. The van der Waals surface area contributed by atoms with Gasteiger partial charge in [-0.2, -0.15) is 0 Å². The van der Waals surface area contributed by atoms with Gasteiger partial charge in [-0.3, -0.25) is 4.79 Å². The van der Waals surface area contributed by atoms with Crippen molar-refractivity contribution in [3.63, 3.8) is 0 Å². The number of nitrogens with one attached hydrogen (secondary N) is 1. The number of carbonyl (C=O) groups excluding carboxylic acids is 1. The molecule has 0 saturated carbocycles. The van der Waals surface area contributed by atoms with E-state index in [1.54, 1.807) is 0 Å². The Balaban J connectivity index is 2.85. The molecule has 1 N–H and O–H groups in total. The molecular formula is C5H4BN3O. The highest BCUT2D eigenvalue weighted by molar-refractivity contribution is 6.17. The monoisotopic (exact) mass is 133 g/mol. The molecule has 0 unspecified atom stereocenters. The summed E-state index contributed by atoms with van der Waals surface area (Å²) in [6.07, 6.45) is 2.75. The lowest BCUT2D eigenvalue weighted by Crippen LogP contribution is -2.20. The van der Waals surface area contributed by atoms with Gasteiger partial charge in [0.1, 0.15) is 12.0 Å². The maximum absolute atomic E-state index is 10.7. The predicted molar refractivity (Wildman–Crippen MR) is 35.3 cm³/mol. The predicted octanol–water partition coefficient (Wildman–Crippen LogP) is -0.710. The van der Waals surface area contributed by atoms with Crippen molar-refractivity contribution in [1.29, 1.82) is 0 Å². The Labute approximate surface area is 59.1 Å². The quantitative estimate of drug-likeness (QED) is 0.514. The van der Waals surface area contributed by atoms with Crippen molar-refractivity contribution in [3.05, 3.63) is 24.3 Å². The fourth-order valence-electron chi connectivity index (χ4n) is 0.499. The van der Waals surface area contributed by atoms with E-state index in [2.05, 4.69) is 9.97 Å². The van der Waals surface area contributed by atoms with Gasteiger partial charge in [0, 0.05) is 6.20 Å². The molecule has 0 atom stereocenters. The topological polar surface area (TPSA) is 54.9 Å². The van der Waals surface area contributed by atoms with Crippen LogP contribution in [-0.2, 0) is 0 Å². The van der Waals surface area contributed by atoms with Crippen molar-refractivity contribution in [2.24, 2.45) is 0 Å². The van der Waals surface area contributed by atoms with Gasteiger partial charge < -0.3 is 5.23 Å². The fourth-order valence-corrected chi connectivity index (χ4v) is 0.499. The average Bonchev–Trinajstić information content (AvgIpc) is 2.05. The maximum atomic E-state index is 10.7. The zero-order valence-corrected chi connectivity index (χ0v) is 5.11. The van der Waals surface area contributed by atoms with E-state index in [4.69, 9.17) is 7.98 Å². The summed E-state index contributed by atoms with van der Waals surface area (Å²) in [5, 5.41) is 1.95. The standard InChI is InChI=1S/C5H4BN3O/c6-9-5(10)4-1-2-7-3-8-4/h1-3H,(H,9,10). The van der Waals surface area contributed by atoms with Crippen LogP contribution in [0.3, 0.4) is 0 Å². The Morgan fingerprint density at radius 1 is 1.70 bits per heavy atom. The van der Waals surface area contributed by atoms with E-state index in [1.807, 2.05) is 5.23 Å². The summed E-state index contributed by atoms with van der Waals surface area (Å²) in [4.78, 5) is 18.0. The minimum Gasteiger partial charge on any atom is -0.404 e. The molecule has 1 aromatic heterocycles. The van der Waals surface area contributed by atoms with E-state index in [9.17, 15) is 4.79 Å². The summed E-state index contributed by atoms with van der Waals surface area (Å²) < 4.78 is 0. The normalized spacial score (nSPS) is 8.80. The molecule has 0 aliphatic carbocycles. The number of hydrogen-bond acceptors (Lipinski definition) is 3. The fraction of sp³-hybridized carbons (Fsp3) is 0. The largest absolute Gasteiger partial charge is 0.404 e. The molecule has 0 fully saturated rings. The van der Waals surface area contributed by atoms with Gasteiger partial charge in [0.25, 0.3) is 5.91 Å². The number of hydrogen-bond donors (Lipinski definition) is 1. The van der Waals surface area contributed by atoms with Gasteiger partial charge in [-0.25, -0.2) is 9.97 Å². The third-order valence-electron chi connectivity index (χ3n) is 0.946. The van der Waals surface area contributed by atoms with Crippen molar-refractivity contribution in [1.82, 2.24) is 15.2 Å². The number of rotatable bonds is 1. The maximum Gasteiger partial charge on any atom is 0.257 e. The molecule has 10 heavy (non-hydrogen) atoms. The zero-order chi connectivity index (χ0) is 7.40. The third-order valence-corrected chi connectivity index (χ3v) is 0.946. The molecule has 1 rings (SSSR count). The van der Waals surface area contributed by atoms with Crippen LogP contribution in [-0.4, -0.2) is 23.9 Å². The van der Waals surface area contributed by atoms with Gasteiger partial charge in [-0.15, -0.1) is 0 Å². The van der Waals surface area contributed by atoms with Gasteiger partial charge in [0.2, 0.25) is 7.98 Å². The smallest absolute Gasteiger partial charge is 0.257 e. The van der Waals surface area contributed by atoms with Gasteiger partial charge in [-0.05, 0) is 6.07 Å². The van der Waals surface area contributed by atoms with Crippen LogP contribution >= 0.6 is 0 Å².